The molecular weight excluding hydrogens is 838 g/mol. The van der Waals surface area contributed by atoms with E-state index in [0.717, 1.165) is 45.0 Å². The highest BCUT2D eigenvalue weighted by Crippen LogP contribution is 2.41. The maximum absolute atomic E-state index is 14.6. The number of anilines is 2. The number of aromatic amines is 1. The second kappa shape index (κ2) is 22.3. The van der Waals surface area contributed by atoms with Gasteiger partial charge in [-0.3, -0.25) is 9.89 Å². The number of fused-ring (bicyclic) bond motifs is 1. The summed E-state index contributed by atoms with van der Waals surface area (Å²) in [7, 11) is 0. The third kappa shape index (κ3) is 11.4. The van der Waals surface area contributed by atoms with Crippen LogP contribution in [0.4, 0.5) is 22.9 Å². The van der Waals surface area contributed by atoms with E-state index < -0.39 is 5.56 Å². The topological polar surface area (TPSA) is 111 Å². The first kappa shape index (κ1) is 44.9. The van der Waals surface area contributed by atoms with Crippen molar-refractivity contribution in [3.8, 4) is 17.4 Å². The van der Waals surface area contributed by atoms with Gasteiger partial charge in [0.2, 0.25) is 11.8 Å². The Morgan fingerprint density at radius 2 is 1.37 bits per heavy atom. The predicted molar refractivity (Wildman–Crippen MR) is 249 cm³/mol. The van der Waals surface area contributed by atoms with Gasteiger partial charge in [-0.1, -0.05) is 166 Å². The van der Waals surface area contributed by atoms with Crippen LogP contribution < -0.4 is 10.6 Å². The van der Waals surface area contributed by atoms with Crippen LogP contribution in [-0.2, 0) is 6.42 Å². The summed E-state index contributed by atoms with van der Waals surface area (Å²) in [5.41, 5.74) is 1.11. The molecule has 3 N–H and O–H groups in total. The van der Waals surface area contributed by atoms with Gasteiger partial charge in [0, 0.05) is 27.9 Å². The maximum atomic E-state index is 14.6. The summed E-state index contributed by atoms with van der Waals surface area (Å²) in [6.07, 6.45) is 20.7. The quantitative estimate of drug-likeness (QED) is 0.0273. The van der Waals surface area contributed by atoms with Gasteiger partial charge in [0.15, 0.2) is 11.5 Å². The molecular formula is C47H52Cl4N6O3. The Morgan fingerprint density at radius 1 is 0.750 bits per heavy atom. The molecule has 1 atom stereocenters. The number of H-pyrrole nitrogens is 1. The van der Waals surface area contributed by atoms with E-state index in [9.17, 15) is 15.0 Å². The Balaban J connectivity index is 1.28. The Kier molecular flexibility index (Phi) is 16.6. The molecule has 0 bridgehead atoms. The van der Waals surface area contributed by atoms with Gasteiger partial charge < -0.3 is 10.2 Å². The van der Waals surface area contributed by atoms with Gasteiger partial charge in [0.25, 0.3) is 0 Å². The van der Waals surface area contributed by atoms with E-state index in [1.807, 2.05) is 60.7 Å². The molecule has 0 aliphatic rings. The number of rotatable bonds is 22. The summed E-state index contributed by atoms with van der Waals surface area (Å²) in [5, 5.41) is 38.2. The lowest BCUT2D eigenvalue weighted by Crippen LogP contribution is -2.26. The van der Waals surface area contributed by atoms with Crippen LogP contribution in [0.5, 0.6) is 11.8 Å². The monoisotopic (exact) mass is 888 g/mol. The molecule has 6 rings (SSSR count). The fourth-order valence-electron chi connectivity index (χ4n) is 7.39. The number of halogens is 4. The largest absolute Gasteiger partial charge is 0.493 e. The molecule has 1 unspecified atom stereocenters. The van der Waals surface area contributed by atoms with Crippen LogP contribution in [0.15, 0.2) is 118 Å². The Morgan fingerprint density at radius 3 is 2.08 bits per heavy atom. The minimum absolute atomic E-state index is 0.0429. The Bertz CT molecular complexity index is 2410. The first-order valence-corrected chi connectivity index (χ1v) is 22.4. The summed E-state index contributed by atoms with van der Waals surface area (Å²) < 4.78 is 2.31. The SMILES string of the molecule is CCCCCCCCCCCCC=CCCC(Cl)Cc1ccccc1N(c1[nH]n(-c2c(Cl)cc(Cl)cc2Cl)c(=O)c1N=Nc1cccc2ccccc12)n1c(O)ccc1O. The van der Waals surface area contributed by atoms with Crippen molar-refractivity contribution in [2.75, 3.05) is 5.01 Å². The van der Waals surface area contributed by atoms with Crippen LogP contribution in [0, 0.1) is 0 Å². The summed E-state index contributed by atoms with van der Waals surface area (Å²) in [5.74, 6) is -0.586. The average molecular weight is 891 g/mol. The third-order valence-electron chi connectivity index (χ3n) is 10.5. The zero-order valence-electron chi connectivity index (χ0n) is 33.8. The molecule has 0 aliphatic carbocycles. The van der Waals surface area contributed by atoms with Crippen LogP contribution in [0.3, 0.4) is 0 Å². The molecule has 0 spiro atoms. The number of allylic oxidation sites excluding steroid dienone is 2. The van der Waals surface area contributed by atoms with Crippen molar-refractivity contribution in [2.45, 2.75) is 102 Å². The second-order valence-electron chi connectivity index (χ2n) is 15.0. The van der Waals surface area contributed by atoms with E-state index in [2.05, 4.69) is 34.4 Å². The van der Waals surface area contributed by atoms with Crippen molar-refractivity contribution in [2.24, 2.45) is 10.2 Å². The highest BCUT2D eigenvalue weighted by atomic mass is 35.5. The maximum Gasteiger partial charge on any atom is 0.301 e. The van der Waals surface area contributed by atoms with E-state index >= 15 is 0 Å². The van der Waals surface area contributed by atoms with E-state index in [1.165, 1.54) is 93.5 Å². The summed E-state index contributed by atoms with van der Waals surface area (Å²) in [4.78, 5) is 14.6. The van der Waals surface area contributed by atoms with Crippen molar-refractivity contribution < 1.29 is 10.2 Å². The van der Waals surface area contributed by atoms with Crippen molar-refractivity contribution in [1.29, 1.82) is 0 Å². The van der Waals surface area contributed by atoms with Crippen molar-refractivity contribution in [3.05, 3.63) is 134 Å². The van der Waals surface area contributed by atoms with Crippen LogP contribution in [0.25, 0.3) is 16.5 Å². The molecule has 6 aromatic rings. The highest BCUT2D eigenvalue weighted by Gasteiger charge is 2.30. The second-order valence-corrected chi connectivity index (χ2v) is 16.9. The molecule has 0 saturated carbocycles. The smallest absolute Gasteiger partial charge is 0.301 e. The number of azo groups is 1. The van der Waals surface area contributed by atoms with Gasteiger partial charge in [-0.2, -0.15) is 4.68 Å². The molecule has 0 aliphatic heterocycles. The number of hydrogen-bond acceptors (Lipinski definition) is 6. The zero-order valence-corrected chi connectivity index (χ0v) is 36.9. The number of aromatic nitrogens is 3. The molecule has 4 aromatic carbocycles. The normalized spacial score (nSPS) is 12.3. The Labute approximate surface area is 371 Å². The molecule has 13 heteroatoms. The third-order valence-corrected chi connectivity index (χ3v) is 11.7. The van der Waals surface area contributed by atoms with Gasteiger partial charge in [-0.05, 0) is 67.3 Å². The molecule has 2 heterocycles. The van der Waals surface area contributed by atoms with E-state index in [1.54, 1.807) is 6.07 Å². The number of unbranched alkanes of at least 4 members (excludes halogenated alkanes) is 10. The summed E-state index contributed by atoms with van der Waals surface area (Å²) in [6, 6.07) is 26.4. The van der Waals surface area contributed by atoms with Crippen molar-refractivity contribution in [1.82, 2.24) is 14.5 Å². The van der Waals surface area contributed by atoms with Gasteiger partial charge in [-0.25, -0.2) is 9.69 Å². The zero-order chi connectivity index (χ0) is 42.4. The van der Waals surface area contributed by atoms with Crippen LogP contribution in [0.2, 0.25) is 15.1 Å². The molecule has 0 radical (unpaired) electrons. The summed E-state index contributed by atoms with van der Waals surface area (Å²) >= 11 is 26.6. The first-order chi connectivity index (χ1) is 29.2. The number of nitrogens with one attached hydrogen (secondary N) is 1. The van der Waals surface area contributed by atoms with E-state index in [-0.39, 0.29) is 49.4 Å². The Hall–Kier alpha value is -4.67. The standard InChI is InChI=1S/C47H52Cl4N6O3/c1-2-3-4-5-6-7-8-9-10-11-12-13-14-15-24-35(48)30-34-22-17-19-27-41(34)56(57-42(58)28-29-43(57)59)46-44(53-52-40-26-20-23-33-21-16-18-25-37(33)40)47(60)55(54-46)45-38(50)31-36(49)32-39(45)51/h13-14,16-23,25-29,31-32,35,54,58-59H,2-12,15,24,30H2,1H3. The number of hydrogen-bond donors (Lipinski definition) is 3. The van der Waals surface area contributed by atoms with Crippen LogP contribution >= 0.6 is 46.4 Å². The first-order valence-electron chi connectivity index (χ1n) is 20.8. The number of aromatic hydroxyl groups is 2. The average Bonchev–Trinajstić information content (AvgIpc) is 3.73. The molecule has 0 fully saturated rings. The molecule has 60 heavy (non-hydrogen) atoms. The summed E-state index contributed by atoms with van der Waals surface area (Å²) in [6.45, 7) is 2.26. The molecule has 9 nitrogen and oxygen atoms in total. The van der Waals surface area contributed by atoms with Gasteiger partial charge in [0.05, 0.1) is 21.4 Å². The number of benzene rings is 4. The highest BCUT2D eigenvalue weighted by molar-refractivity contribution is 6.40. The van der Waals surface area contributed by atoms with E-state index in [4.69, 9.17) is 46.4 Å². The van der Waals surface area contributed by atoms with Gasteiger partial charge >= 0.3 is 5.56 Å². The minimum Gasteiger partial charge on any atom is -0.493 e. The van der Waals surface area contributed by atoms with Crippen LogP contribution in [-0.4, -0.2) is 30.0 Å². The fraction of sp³-hybridized carbons (Fsp3) is 0.340. The predicted octanol–water partition coefficient (Wildman–Crippen LogP) is 15.3. The lowest BCUT2D eigenvalue weighted by molar-refractivity contribution is 0.379. The van der Waals surface area contributed by atoms with Crippen molar-refractivity contribution in [3.63, 3.8) is 0 Å². The van der Waals surface area contributed by atoms with Gasteiger partial charge in [0.1, 0.15) is 5.69 Å². The molecule has 0 amide bonds. The lowest BCUT2D eigenvalue weighted by atomic mass is 10.0. The number of alkyl halides is 1. The van der Waals surface area contributed by atoms with E-state index in [0.29, 0.717) is 17.8 Å². The van der Waals surface area contributed by atoms with Gasteiger partial charge in [-0.15, -0.1) is 21.8 Å². The molecule has 2 aromatic heterocycles. The number of nitrogens with zero attached hydrogens (tertiary/aromatic N) is 5. The van der Waals surface area contributed by atoms with Crippen molar-refractivity contribution >= 4 is 80.1 Å². The lowest BCUT2D eigenvalue weighted by Gasteiger charge is -2.28. The fourth-order valence-corrected chi connectivity index (χ4v) is 8.67. The molecule has 316 valence electrons. The minimum atomic E-state index is -0.659. The number of para-hydroxylation sites is 1. The molecule has 0 saturated heterocycles. The van der Waals surface area contributed by atoms with Crippen LogP contribution in [0.1, 0.15) is 96.0 Å².